The molecule has 19 heavy (non-hydrogen) atoms. The summed E-state index contributed by atoms with van der Waals surface area (Å²) in [5.41, 5.74) is 1.57. The predicted molar refractivity (Wildman–Crippen MR) is 70.7 cm³/mol. The molecule has 0 bridgehead atoms. The summed E-state index contributed by atoms with van der Waals surface area (Å²) in [6.45, 7) is 0.870. The maximum Gasteiger partial charge on any atom is 0.335 e. The van der Waals surface area contributed by atoms with Crippen molar-refractivity contribution in [1.29, 1.82) is 0 Å². The maximum atomic E-state index is 11.9. The third-order valence-corrected chi connectivity index (χ3v) is 3.21. The van der Waals surface area contributed by atoms with Crippen LogP contribution in [0.1, 0.15) is 16.8 Å². The number of nitrogens with zero attached hydrogens (tertiary/aromatic N) is 2. The Morgan fingerprint density at radius 1 is 1.37 bits per heavy atom. The zero-order chi connectivity index (χ0) is 14.0. The number of hydrogen-bond donors (Lipinski definition) is 2. The number of likely N-dealkylation sites (N-methyl/N-ethyl adjacent to an activating group) is 1. The van der Waals surface area contributed by atoms with Gasteiger partial charge in [0.15, 0.2) is 0 Å². The average molecular weight is 264 g/mol. The number of carboxylic acids is 1. The van der Waals surface area contributed by atoms with Crippen LogP contribution in [0.5, 0.6) is 0 Å². The number of aromatic carboxylic acids is 1. The van der Waals surface area contributed by atoms with Gasteiger partial charge in [-0.15, -0.1) is 0 Å². The fourth-order valence-electron chi connectivity index (χ4n) is 2.14. The third-order valence-electron chi connectivity index (χ3n) is 3.21. The Balaban J connectivity index is 2.40. The molecule has 0 radical (unpaired) electrons. The molecule has 1 aromatic carbocycles. The van der Waals surface area contributed by atoms with E-state index < -0.39 is 5.97 Å². The van der Waals surface area contributed by atoms with Crippen LogP contribution in [-0.4, -0.2) is 48.8 Å². The van der Waals surface area contributed by atoms with Crippen molar-refractivity contribution in [2.24, 2.45) is 0 Å². The van der Waals surface area contributed by atoms with Crippen LogP contribution in [0.4, 0.5) is 11.4 Å². The molecule has 6 nitrogen and oxygen atoms in total. The lowest BCUT2D eigenvalue weighted by Gasteiger charge is -2.35. The Bertz CT molecular complexity index is 515. The topological polar surface area (TPSA) is 81.1 Å². The second-order valence-electron chi connectivity index (χ2n) is 4.46. The van der Waals surface area contributed by atoms with Crippen molar-refractivity contribution in [3.05, 3.63) is 23.8 Å². The largest absolute Gasteiger partial charge is 0.478 e. The number of rotatable bonds is 4. The number of anilines is 2. The lowest BCUT2D eigenvalue weighted by atomic mass is 10.1. The van der Waals surface area contributed by atoms with Crippen LogP contribution < -0.4 is 9.80 Å². The molecule has 2 rings (SSSR count). The van der Waals surface area contributed by atoms with Gasteiger partial charge in [0, 0.05) is 20.2 Å². The summed E-state index contributed by atoms with van der Waals surface area (Å²) in [6.07, 6.45) is 0.567. The van der Waals surface area contributed by atoms with E-state index in [0.29, 0.717) is 18.7 Å². The summed E-state index contributed by atoms with van der Waals surface area (Å²) in [5, 5.41) is 17.9. The van der Waals surface area contributed by atoms with Crippen molar-refractivity contribution < 1.29 is 19.8 Å². The molecule has 0 saturated heterocycles. The maximum absolute atomic E-state index is 11.9. The summed E-state index contributed by atoms with van der Waals surface area (Å²) in [5.74, 6) is -1.11. The van der Waals surface area contributed by atoms with Gasteiger partial charge in [-0.05, 0) is 24.6 Å². The molecule has 0 aliphatic carbocycles. The SMILES string of the molecule is CN1C(=O)CN(CCCO)c2ccc(C(=O)O)cc21. The molecule has 1 amide bonds. The van der Waals surface area contributed by atoms with Crippen LogP contribution in [-0.2, 0) is 4.79 Å². The Morgan fingerprint density at radius 2 is 2.11 bits per heavy atom. The lowest BCUT2D eigenvalue weighted by Crippen LogP contribution is -2.44. The average Bonchev–Trinajstić information content (AvgIpc) is 2.40. The number of aliphatic hydroxyl groups is 1. The summed E-state index contributed by atoms with van der Waals surface area (Å²) in [6, 6.07) is 4.73. The molecule has 6 heteroatoms. The Kier molecular flexibility index (Phi) is 3.71. The second kappa shape index (κ2) is 5.27. The standard InChI is InChI=1S/C13H16N2O4/c1-14-11-7-9(13(18)19)3-4-10(11)15(5-2-6-16)8-12(14)17/h3-4,7,16H,2,5-6,8H2,1H3,(H,18,19). The van der Waals surface area contributed by atoms with Crippen LogP contribution in [0.15, 0.2) is 18.2 Å². The first-order chi connectivity index (χ1) is 9.04. The number of aliphatic hydroxyl groups excluding tert-OH is 1. The predicted octanol–water partition coefficient (Wildman–Crippen LogP) is 0.550. The first kappa shape index (κ1) is 13.4. The minimum absolute atomic E-state index is 0.0586. The smallest absolute Gasteiger partial charge is 0.335 e. The minimum atomic E-state index is -1.02. The van der Waals surface area contributed by atoms with E-state index in [9.17, 15) is 9.59 Å². The van der Waals surface area contributed by atoms with Gasteiger partial charge in [0.2, 0.25) is 5.91 Å². The highest BCUT2D eigenvalue weighted by molar-refractivity contribution is 6.04. The Hall–Kier alpha value is -2.08. The quantitative estimate of drug-likeness (QED) is 0.830. The van der Waals surface area contributed by atoms with E-state index in [1.165, 1.54) is 17.0 Å². The molecule has 1 aromatic rings. The van der Waals surface area contributed by atoms with Crippen LogP contribution in [0.2, 0.25) is 0 Å². The van der Waals surface area contributed by atoms with Gasteiger partial charge in [-0.1, -0.05) is 0 Å². The van der Waals surface area contributed by atoms with E-state index in [2.05, 4.69) is 0 Å². The second-order valence-corrected chi connectivity index (χ2v) is 4.46. The Morgan fingerprint density at radius 3 is 2.74 bits per heavy atom. The van der Waals surface area contributed by atoms with Crippen LogP contribution in [0, 0.1) is 0 Å². The first-order valence-corrected chi connectivity index (χ1v) is 6.04. The molecule has 0 spiro atoms. The molecule has 1 heterocycles. The molecule has 102 valence electrons. The number of amides is 1. The summed E-state index contributed by atoms with van der Waals surface area (Å²) in [7, 11) is 1.64. The van der Waals surface area contributed by atoms with E-state index >= 15 is 0 Å². The summed E-state index contributed by atoms with van der Waals surface area (Å²) >= 11 is 0. The highest BCUT2D eigenvalue weighted by Crippen LogP contribution is 2.33. The van der Waals surface area contributed by atoms with Crippen LogP contribution >= 0.6 is 0 Å². The number of benzene rings is 1. The molecular formula is C13H16N2O4. The molecule has 0 saturated carbocycles. The van der Waals surface area contributed by atoms with E-state index in [1.807, 2.05) is 4.90 Å². The van der Waals surface area contributed by atoms with E-state index in [-0.39, 0.29) is 24.6 Å². The van der Waals surface area contributed by atoms with Gasteiger partial charge in [-0.2, -0.15) is 0 Å². The van der Waals surface area contributed by atoms with Gasteiger partial charge in [0.05, 0.1) is 23.5 Å². The molecule has 1 aliphatic rings. The minimum Gasteiger partial charge on any atom is -0.478 e. The third kappa shape index (κ3) is 2.53. The Labute approximate surface area is 110 Å². The van der Waals surface area contributed by atoms with Gasteiger partial charge in [-0.3, -0.25) is 4.79 Å². The fourth-order valence-corrected chi connectivity index (χ4v) is 2.14. The number of carbonyl (C=O) groups excluding carboxylic acids is 1. The zero-order valence-corrected chi connectivity index (χ0v) is 10.7. The normalized spacial score (nSPS) is 14.5. The van der Waals surface area contributed by atoms with Crippen molar-refractivity contribution in [3.63, 3.8) is 0 Å². The van der Waals surface area contributed by atoms with Gasteiger partial charge in [-0.25, -0.2) is 4.79 Å². The molecule has 2 N–H and O–H groups in total. The molecule has 1 aliphatic heterocycles. The van der Waals surface area contributed by atoms with Crippen LogP contribution in [0.25, 0.3) is 0 Å². The molecule has 0 unspecified atom stereocenters. The van der Waals surface area contributed by atoms with Crippen LogP contribution in [0.3, 0.4) is 0 Å². The number of fused-ring (bicyclic) bond motifs is 1. The van der Waals surface area contributed by atoms with Gasteiger partial charge in [0.25, 0.3) is 0 Å². The van der Waals surface area contributed by atoms with Crippen molar-refractivity contribution in [2.75, 3.05) is 36.5 Å². The molecule has 0 aromatic heterocycles. The van der Waals surface area contributed by atoms with Crippen molar-refractivity contribution >= 4 is 23.3 Å². The number of hydrogen-bond acceptors (Lipinski definition) is 4. The highest BCUT2D eigenvalue weighted by atomic mass is 16.4. The summed E-state index contributed by atoms with van der Waals surface area (Å²) in [4.78, 5) is 26.2. The van der Waals surface area contributed by atoms with E-state index in [4.69, 9.17) is 10.2 Å². The van der Waals surface area contributed by atoms with Crippen molar-refractivity contribution in [1.82, 2.24) is 0 Å². The van der Waals surface area contributed by atoms with Gasteiger partial charge < -0.3 is 20.0 Å². The molecule has 0 atom stereocenters. The number of carboxylic acid groups (broad SMARTS) is 1. The monoisotopic (exact) mass is 264 g/mol. The van der Waals surface area contributed by atoms with Crippen molar-refractivity contribution in [2.45, 2.75) is 6.42 Å². The summed E-state index contributed by atoms with van der Waals surface area (Å²) < 4.78 is 0. The zero-order valence-electron chi connectivity index (χ0n) is 10.7. The van der Waals surface area contributed by atoms with Gasteiger partial charge in [0.1, 0.15) is 0 Å². The highest BCUT2D eigenvalue weighted by Gasteiger charge is 2.27. The molecular weight excluding hydrogens is 248 g/mol. The van der Waals surface area contributed by atoms with Gasteiger partial charge >= 0.3 is 5.97 Å². The number of carbonyl (C=O) groups is 2. The van der Waals surface area contributed by atoms with E-state index in [0.717, 1.165) is 5.69 Å². The van der Waals surface area contributed by atoms with Crippen molar-refractivity contribution in [3.8, 4) is 0 Å². The lowest BCUT2D eigenvalue weighted by molar-refractivity contribution is -0.117. The fraction of sp³-hybridized carbons (Fsp3) is 0.385. The molecule has 0 fully saturated rings. The first-order valence-electron chi connectivity index (χ1n) is 6.04. The van der Waals surface area contributed by atoms with E-state index in [1.54, 1.807) is 13.1 Å².